The van der Waals surface area contributed by atoms with Gasteiger partial charge in [0.15, 0.2) is 0 Å². The van der Waals surface area contributed by atoms with Crippen molar-refractivity contribution in [2.75, 3.05) is 6.61 Å². The number of carbonyl (C=O) groups excluding carboxylic acids is 1. The number of halogens is 2. The molecule has 0 saturated heterocycles. The quantitative estimate of drug-likeness (QED) is 0.665. The van der Waals surface area contributed by atoms with Crippen molar-refractivity contribution in [1.29, 1.82) is 0 Å². The summed E-state index contributed by atoms with van der Waals surface area (Å²) in [6.45, 7) is 2.08. The molecule has 124 valence electrons. The van der Waals surface area contributed by atoms with Crippen LogP contribution < -0.4 is 0 Å². The molecule has 0 radical (unpaired) electrons. The summed E-state index contributed by atoms with van der Waals surface area (Å²) in [7, 11) is 0. The molecule has 0 spiro atoms. The molecule has 3 aromatic rings. The summed E-state index contributed by atoms with van der Waals surface area (Å²) >= 11 is 12.3. The highest BCUT2D eigenvalue weighted by Gasteiger charge is 2.26. The Morgan fingerprint density at radius 2 is 2.04 bits per heavy atom. The van der Waals surface area contributed by atoms with Crippen molar-refractivity contribution in [3.05, 3.63) is 63.9 Å². The minimum Gasteiger partial charge on any atom is -0.465 e. The Morgan fingerprint density at radius 1 is 1.25 bits per heavy atom. The van der Waals surface area contributed by atoms with Crippen LogP contribution in [0.15, 0.2) is 42.5 Å². The van der Waals surface area contributed by atoms with Crippen LogP contribution in [0, 0.1) is 0 Å². The summed E-state index contributed by atoms with van der Waals surface area (Å²) in [6, 6.07) is 12.8. The molecule has 1 atom stereocenters. The molecule has 1 N–H and O–H groups in total. The van der Waals surface area contributed by atoms with Gasteiger partial charge in [0.05, 0.1) is 17.6 Å². The first-order chi connectivity index (χ1) is 11.6. The van der Waals surface area contributed by atoms with Crippen LogP contribution in [0.2, 0.25) is 10.0 Å². The number of benzene rings is 2. The van der Waals surface area contributed by atoms with Crippen LogP contribution in [0.1, 0.15) is 24.2 Å². The van der Waals surface area contributed by atoms with E-state index < -0.39 is 5.92 Å². The number of nitrogens with one attached hydrogen (secondary N) is 1. The molecule has 0 aliphatic carbocycles. The number of esters is 1. The van der Waals surface area contributed by atoms with Crippen LogP contribution in [0.5, 0.6) is 0 Å². The number of carbonyl (C=O) groups is 1. The van der Waals surface area contributed by atoms with Crippen LogP contribution in [0.4, 0.5) is 0 Å². The van der Waals surface area contributed by atoms with Crippen molar-refractivity contribution in [1.82, 2.24) is 9.97 Å². The Balaban J connectivity index is 1.99. The second-order valence-corrected chi connectivity index (χ2v) is 6.23. The fourth-order valence-electron chi connectivity index (χ4n) is 2.59. The minimum absolute atomic E-state index is 0.304. The molecule has 0 saturated carbocycles. The number of hydrogen-bond acceptors (Lipinski definition) is 3. The van der Waals surface area contributed by atoms with E-state index in [9.17, 15) is 4.79 Å². The van der Waals surface area contributed by atoms with Crippen LogP contribution >= 0.6 is 23.2 Å². The second kappa shape index (κ2) is 7.24. The van der Waals surface area contributed by atoms with Crippen LogP contribution in [0.25, 0.3) is 11.0 Å². The van der Waals surface area contributed by atoms with Crippen LogP contribution in [-0.2, 0) is 16.0 Å². The van der Waals surface area contributed by atoms with Gasteiger partial charge in [-0.15, -0.1) is 0 Å². The number of fused-ring (bicyclic) bond motifs is 1. The lowest BCUT2D eigenvalue weighted by Crippen LogP contribution is -2.19. The van der Waals surface area contributed by atoms with Gasteiger partial charge in [-0.1, -0.05) is 35.3 Å². The molecule has 4 nitrogen and oxygen atoms in total. The highest BCUT2D eigenvalue weighted by molar-refractivity contribution is 6.33. The topological polar surface area (TPSA) is 55.0 Å². The first-order valence-electron chi connectivity index (χ1n) is 7.63. The molecule has 24 heavy (non-hydrogen) atoms. The molecule has 6 heteroatoms. The van der Waals surface area contributed by atoms with E-state index in [2.05, 4.69) is 9.97 Å². The zero-order valence-electron chi connectivity index (χ0n) is 13.1. The lowest BCUT2D eigenvalue weighted by Gasteiger charge is -2.14. The van der Waals surface area contributed by atoms with Crippen molar-refractivity contribution in [2.24, 2.45) is 0 Å². The molecular weight excluding hydrogens is 347 g/mol. The summed E-state index contributed by atoms with van der Waals surface area (Å²) < 4.78 is 5.22. The fourth-order valence-corrected chi connectivity index (χ4v) is 2.98. The molecule has 0 amide bonds. The van der Waals surface area contributed by atoms with E-state index in [-0.39, 0.29) is 5.97 Å². The molecule has 1 aromatic heterocycles. The molecule has 1 heterocycles. The average molecular weight is 363 g/mol. The standard InChI is InChI=1S/C18H16Cl2N2O2/c1-2-24-18(23)13(10-11-9-12(19)7-8-14(11)20)17-21-15-5-3-4-6-16(15)22-17/h3-9,13H,2,10H2,1H3,(H,21,22). The number of nitrogens with zero attached hydrogens (tertiary/aromatic N) is 1. The summed E-state index contributed by atoms with van der Waals surface area (Å²) in [5.74, 6) is -0.355. The molecule has 1 unspecified atom stereocenters. The highest BCUT2D eigenvalue weighted by Crippen LogP contribution is 2.28. The first-order valence-corrected chi connectivity index (χ1v) is 8.39. The maximum atomic E-state index is 12.5. The van der Waals surface area contributed by atoms with Crippen molar-refractivity contribution >= 4 is 40.2 Å². The van der Waals surface area contributed by atoms with E-state index in [1.165, 1.54) is 0 Å². The van der Waals surface area contributed by atoms with Crippen molar-refractivity contribution in [3.8, 4) is 0 Å². The lowest BCUT2D eigenvalue weighted by atomic mass is 9.98. The van der Waals surface area contributed by atoms with Gasteiger partial charge in [-0.05, 0) is 49.2 Å². The third-order valence-electron chi connectivity index (χ3n) is 3.74. The summed E-state index contributed by atoms with van der Waals surface area (Å²) in [4.78, 5) is 20.2. The van der Waals surface area contributed by atoms with Crippen LogP contribution in [-0.4, -0.2) is 22.5 Å². The molecule has 3 rings (SSSR count). The van der Waals surface area contributed by atoms with Gasteiger partial charge in [0.2, 0.25) is 0 Å². The lowest BCUT2D eigenvalue weighted by molar-refractivity contribution is -0.145. The normalized spacial score (nSPS) is 12.3. The zero-order valence-corrected chi connectivity index (χ0v) is 14.6. The summed E-state index contributed by atoms with van der Waals surface area (Å²) in [6.07, 6.45) is 0.359. The second-order valence-electron chi connectivity index (χ2n) is 5.38. The Hall–Kier alpha value is -2.04. The SMILES string of the molecule is CCOC(=O)C(Cc1cc(Cl)ccc1Cl)c1nc2ccccc2[nH]1. The van der Waals surface area contributed by atoms with Gasteiger partial charge in [0.25, 0.3) is 0 Å². The largest absolute Gasteiger partial charge is 0.465 e. The predicted octanol–water partition coefficient (Wildman–Crippen LogP) is 4.76. The molecule has 0 bridgehead atoms. The number of H-pyrrole nitrogens is 1. The molecule has 0 aliphatic heterocycles. The summed E-state index contributed by atoms with van der Waals surface area (Å²) in [5, 5.41) is 1.13. The Morgan fingerprint density at radius 3 is 2.79 bits per heavy atom. The third-order valence-corrected chi connectivity index (χ3v) is 4.34. The number of hydrogen-bond donors (Lipinski definition) is 1. The minimum atomic E-state index is -0.576. The van der Waals surface area contributed by atoms with E-state index >= 15 is 0 Å². The summed E-state index contributed by atoms with van der Waals surface area (Å²) in [5.41, 5.74) is 2.46. The van der Waals surface area contributed by atoms with Gasteiger partial charge < -0.3 is 9.72 Å². The molecule has 0 fully saturated rings. The zero-order chi connectivity index (χ0) is 17.1. The maximum absolute atomic E-state index is 12.5. The average Bonchev–Trinajstić information content (AvgIpc) is 2.99. The number of para-hydroxylation sites is 2. The van der Waals surface area contributed by atoms with E-state index in [1.807, 2.05) is 24.3 Å². The van der Waals surface area contributed by atoms with Gasteiger partial charge >= 0.3 is 5.97 Å². The number of aromatic nitrogens is 2. The van der Waals surface area contributed by atoms with E-state index in [0.29, 0.717) is 28.9 Å². The number of aromatic amines is 1. The van der Waals surface area contributed by atoms with Crippen molar-refractivity contribution < 1.29 is 9.53 Å². The third kappa shape index (κ3) is 3.55. The number of imidazole rings is 1. The molecule has 2 aromatic carbocycles. The number of ether oxygens (including phenoxy) is 1. The van der Waals surface area contributed by atoms with Gasteiger partial charge in [0.1, 0.15) is 11.7 Å². The number of rotatable bonds is 5. The Labute approximate surface area is 149 Å². The van der Waals surface area contributed by atoms with Gasteiger partial charge in [-0.25, -0.2) is 4.98 Å². The van der Waals surface area contributed by atoms with E-state index in [4.69, 9.17) is 27.9 Å². The monoisotopic (exact) mass is 362 g/mol. The Kier molecular flexibility index (Phi) is 5.07. The Bertz CT molecular complexity index is 843. The van der Waals surface area contributed by atoms with Crippen molar-refractivity contribution in [3.63, 3.8) is 0 Å². The molecule has 0 aliphatic rings. The maximum Gasteiger partial charge on any atom is 0.316 e. The smallest absolute Gasteiger partial charge is 0.316 e. The predicted molar refractivity (Wildman–Crippen MR) is 95.6 cm³/mol. The fraction of sp³-hybridized carbons (Fsp3) is 0.222. The first kappa shape index (κ1) is 16.8. The van der Waals surface area contributed by atoms with Gasteiger partial charge in [-0.3, -0.25) is 4.79 Å². The highest BCUT2D eigenvalue weighted by atomic mass is 35.5. The van der Waals surface area contributed by atoms with E-state index in [1.54, 1.807) is 25.1 Å². The molecular formula is C18H16Cl2N2O2. The van der Waals surface area contributed by atoms with E-state index in [0.717, 1.165) is 16.6 Å². The van der Waals surface area contributed by atoms with Gasteiger partial charge in [-0.2, -0.15) is 0 Å². The van der Waals surface area contributed by atoms with Gasteiger partial charge in [0, 0.05) is 10.0 Å². The van der Waals surface area contributed by atoms with Crippen molar-refractivity contribution in [2.45, 2.75) is 19.3 Å². The van der Waals surface area contributed by atoms with Crippen LogP contribution in [0.3, 0.4) is 0 Å².